The standard InChI is InChI=1S/C13H18N2O3S/c1-17-10-6-3-5-9(12(10)18-2)13(16)15-8-4-7-11(14)19/h3,5-6H,4,7-8H2,1-2H3,(H2,14,19)(H,15,16). The Morgan fingerprint density at radius 1 is 1.37 bits per heavy atom. The van der Waals surface area contributed by atoms with E-state index in [-0.39, 0.29) is 5.91 Å². The van der Waals surface area contributed by atoms with Gasteiger partial charge in [0.25, 0.3) is 5.91 Å². The van der Waals surface area contributed by atoms with Gasteiger partial charge in [-0.3, -0.25) is 4.79 Å². The number of amides is 1. The normalized spacial score (nSPS) is 9.79. The van der Waals surface area contributed by atoms with Crippen LogP contribution in [0.2, 0.25) is 0 Å². The van der Waals surface area contributed by atoms with E-state index >= 15 is 0 Å². The van der Waals surface area contributed by atoms with Crippen molar-refractivity contribution in [3.8, 4) is 11.5 Å². The van der Waals surface area contributed by atoms with Crippen LogP contribution in [-0.2, 0) is 0 Å². The Morgan fingerprint density at radius 2 is 2.11 bits per heavy atom. The van der Waals surface area contributed by atoms with Crippen molar-refractivity contribution in [1.82, 2.24) is 5.32 Å². The molecule has 0 heterocycles. The number of nitrogens with one attached hydrogen (secondary N) is 1. The third kappa shape index (κ3) is 4.40. The van der Waals surface area contributed by atoms with Gasteiger partial charge in [0.15, 0.2) is 11.5 Å². The Bertz CT molecular complexity index is 463. The number of ether oxygens (including phenoxy) is 2. The van der Waals surface area contributed by atoms with E-state index in [1.165, 1.54) is 14.2 Å². The molecule has 6 heteroatoms. The van der Waals surface area contributed by atoms with Crippen molar-refractivity contribution in [3.05, 3.63) is 23.8 Å². The SMILES string of the molecule is COc1cccc(C(=O)NCCCC(N)=S)c1OC. The van der Waals surface area contributed by atoms with Crippen LogP contribution in [0.25, 0.3) is 0 Å². The number of carbonyl (C=O) groups is 1. The van der Waals surface area contributed by atoms with Crippen LogP contribution in [-0.4, -0.2) is 31.7 Å². The van der Waals surface area contributed by atoms with Crippen molar-refractivity contribution in [2.75, 3.05) is 20.8 Å². The van der Waals surface area contributed by atoms with Gasteiger partial charge in [-0.05, 0) is 25.0 Å². The third-order valence-corrected chi connectivity index (χ3v) is 2.74. The maximum atomic E-state index is 12.0. The zero-order valence-electron chi connectivity index (χ0n) is 11.1. The van der Waals surface area contributed by atoms with Gasteiger partial charge in [0.1, 0.15) is 0 Å². The smallest absolute Gasteiger partial charge is 0.255 e. The molecule has 0 fully saturated rings. The Labute approximate surface area is 118 Å². The molecule has 0 saturated heterocycles. The second-order valence-electron chi connectivity index (χ2n) is 3.87. The second-order valence-corrected chi connectivity index (χ2v) is 4.39. The van der Waals surface area contributed by atoms with Crippen LogP contribution >= 0.6 is 12.2 Å². The van der Waals surface area contributed by atoms with Gasteiger partial charge in [-0.15, -0.1) is 0 Å². The van der Waals surface area contributed by atoms with E-state index in [1.54, 1.807) is 18.2 Å². The van der Waals surface area contributed by atoms with Crippen LogP contribution in [0, 0.1) is 0 Å². The molecular weight excluding hydrogens is 264 g/mol. The zero-order chi connectivity index (χ0) is 14.3. The molecule has 104 valence electrons. The Morgan fingerprint density at radius 3 is 2.68 bits per heavy atom. The summed E-state index contributed by atoms with van der Waals surface area (Å²) in [6.07, 6.45) is 1.33. The predicted octanol–water partition coefficient (Wildman–Crippen LogP) is 1.50. The summed E-state index contributed by atoms with van der Waals surface area (Å²) < 4.78 is 10.4. The second kappa shape index (κ2) is 7.58. The van der Waals surface area contributed by atoms with Crippen LogP contribution in [0.5, 0.6) is 11.5 Å². The lowest BCUT2D eigenvalue weighted by Crippen LogP contribution is -2.25. The monoisotopic (exact) mass is 282 g/mol. The number of benzene rings is 1. The van der Waals surface area contributed by atoms with E-state index in [0.29, 0.717) is 41.4 Å². The average Bonchev–Trinajstić information content (AvgIpc) is 2.42. The minimum absolute atomic E-state index is 0.210. The number of carbonyl (C=O) groups excluding carboxylic acids is 1. The molecule has 1 rings (SSSR count). The first-order valence-electron chi connectivity index (χ1n) is 5.87. The quantitative estimate of drug-likeness (QED) is 0.585. The molecule has 3 N–H and O–H groups in total. The summed E-state index contributed by atoms with van der Waals surface area (Å²) in [6, 6.07) is 5.16. The zero-order valence-corrected chi connectivity index (χ0v) is 11.9. The summed E-state index contributed by atoms with van der Waals surface area (Å²) in [5.74, 6) is 0.744. The lowest BCUT2D eigenvalue weighted by atomic mass is 10.1. The molecule has 0 aliphatic heterocycles. The Hall–Kier alpha value is -1.82. The van der Waals surface area contributed by atoms with Crippen LogP contribution in [0.4, 0.5) is 0 Å². The van der Waals surface area contributed by atoms with Gasteiger partial charge in [-0.2, -0.15) is 0 Å². The van der Waals surface area contributed by atoms with Crippen molar-refractivity contribution < 1.29 is 14.3 Å². The maximum Gasteiger partial charge on any atom is 0.255 e. The Kier molecular flexibility index (Phi) is 6.08. The average molecular weight is 282 g/mol. The molecule has 0 radical (unpaired) electrons. The molecule has 1 amide bonds. The van der Waals surface area contributed by atoms with Crippen LogP contribution in [0.3, 0.4) is 0 Å². The van der Waals surface area contributed by atoms with Gasteiger partial charge in [0.05, 0.1) is 24.8 Å². The molecule has 5 nitrogen and oxygen atoms in total. The van der Waals surface area contributed by atoms with Crippen LogP contribution < -0.4 is 20.5 Å². The lowest BCUT2D eigenvalue weighted by Gasteiger charge is -2.12. The first-order valence-corrected chi connectivity index (χ1v) is 6.28. The minimum Gasteiger partial charge on any atom is -0.493 e. The third-order valence-electron chi connectivity index (χ3n) is 2.53. The number of methoxy groups -OCH3 is 2. The molecule has 0 atom stereocenters. The fourth-order valence-corrected chi connectivity index (χ4v) is 1.77. The molecular formula is C13H18N2O3S. The number of para-hydroxylation sites is 1. The summed E-state index contributed by atoms with van der Waals surface area (Å²) in [4.78, 5) is 12.5. The fourth-order valence-electron chi connectivity index (χ4n) is 1.63. The lowest BCUT2D eigenvalue weighted by molar-refractivity contribution is 0.0949. The van der Waals surface area contributed by atoms with E-state index in [9.17, 15) is 4.79 Å². The van der Waals surface area contributed by atoms with Gasteiger partial charge in [-0.1, -0.05) is 18.3 Å². The molecule has 0 aromatic heterocycles. The predicted molar refractivity (Wildman–Crippen MR) is 77.9 cm³/mol. The summed E-state index contributed by atoms with van der Waals surface area (Å²) in [5, 5.41) is 2.79. The molecule has 1 aromatic carbocycles. The number of hydrogen-bond donors (Lipinski definition) is 2. The van der Waals surface area contributed by atoms with E-state index in [0.717, 1.165) is 0 Å². The van der Waals surface area contributed by atoms with Gasteiger partial charge in [0, 0.05) is 6.54 Å². The fraction of sp³-hybridized carbons (Fsp3) is 0.385. The topological polar surface area (TPSA) is 73.6 Å². The molecule has 0 unspecified atom stereocenters. The highest BCUT2D eigenvalue weighted by Gasteiger charge is 2.15. The van der Waals surface area contributed by atoms with Crippen molar-refractivity contribution >= 4 is 23.1 Å². The number of nitrogens with two attached hydrogens (primary N) is 1. The highest BCUT2D eigenvalue weighted by atomic mass is 32.1. The summed E-state index contributed by atoms with van der Waals surface area (Å²) >= 11 is 4.77. The first kappa shape index (κ1) is 15.2. The van der Waals surface area contributed by atoms with Crippen molar-refractivity contribution in [2.45, 2.75) is 12.8 Å². The first-order chi connectivity index (χ1) is 9.10. The number of thiocarbonyl (C=S) groups is 1. The van der Waals surface area contributed by atoms with Gasteiger partial charge >= 0.3 is 0 Å². The Balaban J connectivity index is 2.68. The van der Waals surface area contributed by atoms with Crippen molar-refractivity contribution in [2.24, 2.45) is 5.73 Å². The molecule has 0 aliphatic carbocycles. The van der Waals surface area contributed by atoms with E-state index in [4.69, 9.17) is 27.4 Å². The molecule has 0 aliphatic rings. The van der Waals surface area contributed by atoms with E-state index in [1.807, 2.05) is 0 Å². The molecule has 0 saturated carbocycles. The van der Waals surface area contributed by atoms with E-state index in [2.05, 4.69) is 5.32 Å². The molecule has 19 heavy (non-hydrogen) atoms. The van der Waals surface area contributed by atoms with Gasteiger partial charge in [-0.25, -0.2) is 0 Å². The number of rotatable bonds is 7. The molecule has 0 spiro atoms. The van der Waals surface area contributed by atoms with Crippen molar-refractivity contribution in [1.29, 1.82) is 0 Å². The van der Waals surface area contributed by atoms with Crippen LogP contribution in [0.1, 0.15) is 23.2 Å². The van der Waals surface area contributed by atoms with Gasteiger partial charge in [0.2, 0.25) is 0 Å². The largest absolute Gasteiger partial charge is 0.493 e. The summed E-state index contributed by atoms with van der Waals surface area (Å²) in [7, 11) is 3.03. The summed E-state index contributed by atoms with van der Waals surface area (Å²) in [6.45, 7) is 0.510. The minimum atomic E-state index is -0.210. The van der Waals surface area contributed by atoms with Crippen LogP contribution in [0.15, 0.2) is 18.2 Å². The maximum absolute atomic E-state index is 12.0. The highest BCUT2D eigenvalue weighted by molar-refractivity contribution is 7.80. The molecule has 0 bridgehead atoms. The van der Waals surface area contributed by atoms with E-state index < -0.39 is 0 Å². The molecule has 1 aromatic rings. The number of hydrogen-bond acceptors (Lipinski definition) is 4. The summed E-state index contributed by atoms with van der Waals surface area (Å²) in [5.41, 5.74) is 5.83. The highest BCUT2D eigenvalue weighted by Crippen LogP contribution is 2.30. The van der Waals surface area contributed by atoms with Crippen molar-refractivity contribution in [3.63, 3.8) is 0 Å². The van der Waals surface area contributed by atoms with Gasteiger partial charge < -0.3 is 20.5 Å².